The zero-order valence-electron chi connectivity index (χ0n) is 11.0. The number of nitrogens with one attached hydrogen (secondary N) is 2. The van der Waals surface area contributed by atoms with Crippen LogP contribution in [0.15, 0.2) is 18.3 Å². The Labute approximate surface area is 116 Å². The molecule has 7 nitrogen and oxygen atoms in total. The lowest BCUT2D eigenvalue weighted by Gasteiger charge is -2.27. The average molecular weight is 279 g/mol. The van der Waals surface area contributed by atoms with Crippen LogP contribution >= 0.6 is 0 Å². The predicted octanol–water partition coefficient (Wildman–Crippen LogP) is 0.377. The monoisotopic (exact) mass is 279 g/mol. The van der Waals surface area contributed by atoms with Gasteiger partial charge < -0.3 is 9.90 Å². The van der Waals surface area contributed by atoms with Crippen LogP contribution in [0.3, 0.4) is 0 Å². The molecule has 0 saturated heterocycles. The van der Waals surface area contributed by atoms with E-state index < -0.39 is 10.9 Å². The van der Waals surface area contributed by atoms with Crippen LogP contribution in [0, 0.1) is 22.0 Å². The SMILES string of the molecule is O=C([O-])C1CCC(CNc2ccc([N+](=O)[O-])c[nH+]2)CC1. The summed E-state index contributed by atoms with van der Waals surface area (Å²) >= 11 is 0. The highest BCUT2D eigenvalue weighted by atomic mass is 16.6. The topological polar surface area (TPSA) is 109 Å². The summed E-state index contributed by atoms with van der Waals surface area (Å²) in [6, 6.07) is 3.07. The van der Waals surface area contributed by atoms with Gasteiger partial charge in [0.25, 0.3) is 5.82 Å². The standard InChI is InChI=1S/C13H17N3O4/c17-13(18)10-3-1-9(2-4-10)7-14-12-6-5-11(8-15-12)16(19)20/h5-6,8-10H,1-4,7H2,(H,14,15)(H,17,18). The highest BCUT2D eigenvalue weighted by molar-refractivity contribution is 5.67. The Morgan fingerprint density at radius 2 is 2.05 bits per heavy atom. The van der Waals surface area contributed by atoms with Gasteiger partial charge in [-0.15, -0.1) is 0 Å². The van der Waals surface area contributed by atoms with Gasteiger partial charge in [0, 0.05) is 18.1 Å². The van der Waals surface area contributed by atoms with Crippen molar-refractivity contribution in [1.82, 2.24) is 0 Å². The van der Waals surface area contributed by atoms with Crippen molar-refractivity contribution >= 4 is 17.5 Å². The molecule has 108 valence electrons. The Kier molecular flexibility index (Phi) is 4.49. The Bertz CT molecular complexity index is 481. The van der Waals surface area contributed by atoms with Crippen molar-refractivity contribution in [2.45, 2.75) is 25.7 Å². The van der Waals surface area contributed by atoms with Crippen molar-refractivity contribution in [3.05, 3.63) is 28.4 Å². The first-order valence-corrected chi connectivity index (χ1v) is 6.67. The number of hydrogen-bond acceptors (Lipinski definition) is 5. The number of pyridine rings is 1. The largest absolute Gasteiger partial charge is 0.550 e. The van der Waals surface area contributed by atoms with E-state index in [0.29, 0.717) is 18.8 Å². The van der Waals surface area contributed by atoms with Gasteiger partial charge in [-0.25, -0.2) is 4.98 Å². The Morgan fingerprint density at radius 1 is 1.35 bits per heavy atom. The van der Waals surface area contributed by atoms with Crippen molar-refractivity contribution in [1.29, 1.82) is 0 Å². The molecule has 20 heavy (non-hydrogen) atoms. The van der Waals surface area contributed by atoms with Crippen LogP contribution in [-0.2, 0) is 4.79 Å². The number of aliphatic carboxylic acids is 1. The smallest absolute Gasteiger partial charge is 0.308 e. The summed E-state index contributed by atoms with van der Waals surface area (Å²) in [5, 5.41) is 24.4. The number of aromatic nitrogens is 1. The molecule has 1 fully saturated rings. The minimum Gasteiger partial charge on any atom is -0.550 e. The Morgan fingerprint density at radius 3 is 2.55 bits per heavy atom. The van der Waals surface area contributed by atoms with Crippen LogP contribution in [0.2, 0.25) is 0 Å². The number of carbonyl (C=O) groups is 1. The second kappa shape index (κ2) is 6.31. The molecule has 0 bridgehead atoms. The molecule has 0 aromatic carbocycles. The van der Waals surface area contributed by atoms with Gasteiger partial charge in [-0.05, 0) is 37.5 Å². The maximum absolute atomic E-state index is 10.7. The number of rotatable bonds is 5. The van der Waals surface area contributed by atoms with Gasteiger partial charge in [0.05, 0.1) is 11.5 Å². The third-order valence-corrected chi connectivity index (χ3v) is 3.77. The Hall–Kier alpha value is -2.18. The highest BCUT2D eigenvalue weighted by Gasteiger charge is 2.23. The number of aromatic amines is 1. The van der Waals surface area contributed by atoms with E-state index in [-0.39, 0.29) is 11.6 Å². The number of nitrogens with zero attached hydrogens (tertiary/aromatic N) is 1. The predicted molar refractivity (Wildman–Crippen MR) is 68.6 cm³/mol. The van der Waals surface area contributed by atoms with Gasteiger partial charge in [-0.3, -0.25) is 15.4 Å². The molecule has 7 heteroatoms. The van der Waals surface area contributed by atoms with Crippen molar-refractivity contribution in [2.24, 2.45) is 11.8 Å². The van der Waals surface area contributed by atoms with Crippen LogP contribution < -0.4 is 15.4 Å². The Balaban J connectivity index is 1.78. The summed E-state index contributed by atoms with van der Waals surface area (Å²) in [7, 11) is 0. The molecule has 1 heterocycles. The van der Waals surface area contributed by atoms with Gasteiger partial charge in [0.2, 0.25) is 0 Å². The third kappa shape index (κ3) is 3.66. The van der Waals surface area contributed by atoms with Crippen molar-refractivity contribution < 1.29 is 19.8 Å². The number of anilines is 1. The summed E-state index contributed by atoms with van der Waals surface area (Å²) in [5.41, 5.74) is 0.0185. The molecule has 0 unspecified atom stereocenters. The number of nitro groups is 1. The van der Waals surface area contributed by atoms with Crippen molar-refractivity contribution in [3.63, 3.8) is 0 Å². The van der Waals surface area contributed by atoms with E-state index in [1.54, 1.807) is 6.07 Å². The zero-order valence-corrected chi connectivity index (χ0v) is 11.0. The minimum atomic E-state index is -0.944. The molecular formula is C13H17N3O4. The highest BCUT2D eigenvalue weighted by Crippen LogP contribution is 2.28. The summed E-state index contributed by atoms with van der Waals surface area (Å²) in [5.74, 6) is -0.107. The normalized spacial score (nSPS) is 22.2. The van der Waals surface area contributed by atoms with Gasteiger partial charge in [0.15, 0.2) is 6.20 Å². The molecule has 0 spiro atoms. The maximum atomic E-state index is 10.7. The fourth-order valence-electron chi connectivity index (χ4n) is 2.50. The average Bonchev–Trinajstić information content (AvgIpc) is 2.46. The number of carbonyl (C=O) groups excluding carboxylic acids is 1. The van der Waals surface area contributed by atoms with Crippen molar-refractivity contribution in [2.75, 3.05) is 11.9 Å². The lowest BCUT2D eigenvalue weighted by Crippen LogP contribution is -2.35. The molecule has 2 N–H and O–H groups in total. The van der Waals surface area contributed by atoms with Gasteiger partial charge >= 0.3 is 5.69 Å². The molecule has 1 aromatic heterocycles. The fourth-order valence-corrected chi connectivity index (χ4v) is 2.50. The van der Waals surface area contributed by atoms with E-state index in [2.05, 4.69) is 10.3 Å². The molecule has 0 amide bonds. The second-order valence-corrected chi connectivity index (χ2v) is 5.14. The fraction of sp³-hybridized carbons (Fsp3) is 0.538. The van der Waals surface area contributed by atoms with Gasteiger partial charge in [-0.1, -0.05) is 0 Å². The summed E-state index contributed by atoms with van der Waals surface area (Å²) in [6.45, 7) is 0.730. The second-order valence-electron chi connectivity index (χ2n) is 5.14. The molecule has 1 aliphatic rings. The van der Waals surface area contributed by atoms with E-state index >= 15 is 0 Å². The molecule has 0 aliphatic heterocycles. The summed E-state index contributed by atoms with van der Waals surface area (Å²) in [4.78, 5) is 23.6. The number of carboxylic acid groups (broad SMARTS) is 1. The van der Waals surface area contributed by atoms with Crippen LogP contribution in [0.1, 0.15) is 25.7 Å². The molecule has 2 rings (SSSR count). The van der Waals surface area contributed by atoms with Crippen LogP contribution in [0.25, 0.3) is 0 Å². The van der Waals surface area contributed by atoms with Gasteiger partial charge in [-0.2, -0.15) is 0 Å². The van der Waals surface area contributed by atoms with Crippen molar-refractivity contribution in [3.8, 4) is 0 Å². The summed E-state index contributed by atoms with van der Waals surface area (Å²) in [6.07, 6.45) is 4.39. The van der Waals surface area contributed by atoms with E-state index in [0.717, 1.165) is 25.2 Å². The number of H-pyrrole nitrogens is 1. The van der Waals surface area contributed by atoms with Crippen LogP contribution in [0.4, 0.5) is 11.5 Å². The van der Waals surface area contributed by atoms with E-state index in [4.69, 9.17) is 0 Å². The molecule has 1 aliphatic carbocycles. The van der Waals surface area contributed by atoms with Crippen LogP contribution in [0.5, 0.6) is 0 Å². The first-order chi connectivity index (χ1) is 9.56. The van der Waals surface area contributed by atoms with E-state index in [1.165, 1.54) is 12.3 Å². The lowest BCUT2D eigenvalue weighted by atomic mass is 9.82. The number of hydrogen-bond donors (Lipinski definition) is 1. The first-order valence-electron chi connectivity index (χ1n) is 6.67. The maximum Gasteiger partial charge on any atom is 0.308 e. The molecule has 0 radical (unpaired) electrons. The molecule has 0 atom stereocenters. The summed E-state index contributed by atoms with van der Waals surface area (Å²) < 4.78 is 0. The van der Waals surface area contributed by atoms with Crippen LogP contribution in [-0.4, -0.2) is 17.4 Å². The zero-order chi connectivity index (χ0) is 14.5. The lowest BCUT2D eigenvalue weighted by molar-refractivity contribution is -0.413. The number of carboxylic acids is 1. The first kappa shape index (κ1) is 14.2. The van der Waals surface area contributed by atoms with Gasteiger partial charge in [0.1, 0.15) is 0 Å². The minimum absolute atomic E-state index is 0.0185. The van der Waals surface area contributed by atoms with E-state index in [1.807, 2.05) is 0 Å². The quantitative estimate of drug-likeness (QED) is 0.618. The van der Waals surface area contributed by atoms with E-state index in [9.17, 15) is 20.0 Å². The molecule has 1 saturated carbocycles. The third-order valence-electron chi connectivity index (χ3n) is 3.77. The molecule has 1 aromatic rings. The molecular weight excluding hydrogens is 262 g/mol.